The van der Waals surface area contributed by atoms with E-state index in [1.807, 2.05) is 18.2 Å². The Morgan fingerprint density at radius 3 is 2.76 bits per heavy atom. The Labute approximate surface area is 200 Å². The summed E-state index contributed by atoms with van der Waals surface area (Å²) in [6, 6.07) is 16.5. The van der Waals surface area contributed by atoms with Crippen molar-refractivity contribution in [3.05, 3.63) is 76.3 Å². The number of carbonyl (C=O) groups is 1. The summed E-state index contributed by atoms with van der Waals surface area (Å²) in [6.45, 7) is 7.41. The van der Waals surface area contributed by atoms with E-state index >= 15 is 0 Å². The number of aryl methyl sites for hydroxylation is 1. The molecule has 0 aromatic heterocycles. The largest absolute Gasteiger partial charge is 0.492 e. The van der Waals surface area contributed by atoms with Crippen LogP contribution in [0.4, 0.5) is 0 Å². The van der Waals surface area contributed by atoms with Gasteiger partial charge in [0.1, 0.15) is 30.0 Å². The molecule has 0 bridgehead atoms. The minimum Gasteiger partial charge on any atom is -0.492 e. The third-order valence-corrected chi connectivity index (χ3v) is 6.81. The molecule has 0 spiro atoms. The van der Waals surface area contributed by atoms with Crippen LogP contribution in [0.5, 0.6) is 17.2 Å². The van der Waals surface area contributed by atoms with E-state index < -0.39 is 0 Å². The minimum atomic E-state index is -0.224. The van der Waals surface area contributed by atoms with Crippen LogP contribution in [-0.4, -0.2) is 25.8 Å². The van der Waals surface area contributed by atoms with Gasteiger partial charge in [-0.25, -0.2) is 0 Å². The first-order chi connectivity index (χ1) is 16.4. The summed E-state index contributed by atoms with van der Waals surface area (Å²) in [5.41, 5.74) is 8.45. The van der Waals surface area contributed by atoms with Crippen LogP contribution in [0.25, 0.3) is 11.1 Å². The van der Waals surface area contributed by atoms with Gasteiger partial charge in [-0.2, -0.15) is 0 Å². The normalized spacial score (nSPS) is 18.0. The fraction of sp³-hybridized carbons (Fsp3) is 0.345. The van der Waals surface area contributed by atoms with Crippen LogP contribution in [0.2, 0.25) is 0 Å². The summed E-state index contributed by atoms with van der Waals surface area (Å²) in [4.78, 5) is 11.6. The lowest BCUT2D eigenvalue weighted by atomic mass is 9.90. The van der Waals surface area contributed by atoms with Crippen LogP contribution in [0, 0.1) is 13.8 Å². The van der Waals surface area contributed by atoms with Gasteiger partial charge < -0.3 is 18.9 Å². The molecular weight excluding hydrogens is 428 g/mol. The molecule has 34 heavy (non-hydrogen) atoms. The van der Waals surface area contributed by atoms with E-state index in [2.05, 4.69) is 51.1 Å². The maximum absolute atomic E-state index is 11.6. The highest BCUT2D eigenvalue weighted by molar-refractivity contribution is 5.75. The van der Waals surface area contributed by atoms with E-state index in [4.69, 9.17) is 18.9 Å². The number of carbonyl (C=O) groups excluding carboxylic acids is 1. The summed E-state index contributed by atoms with van der Waals surface area (Å²) in [7, 11) is 1.41. The molecule has 0 saturated carbocycles. The fourth-order valence-electron chi connectivity index (χ4n) is 5.12. The maximum Gasteiger partial charge on any atom is 0.306 e. The molecule has 0 radical (unpaired) electrons. The molecule has 0 fully saturated rings. The van der Waals surface area contributed by atoms with E-state index in [0.717, 1.165) is 34.8 Å². The summed E-state index contributed by atoms with van der Waals surface area (Å²) >= 11 is 0. The Morgan fingerprint density at radius 1 is 1.09 bits per heavy atom. The summed E-state index contributed by atoms with van der Waals surface area (Å²) < 4.78 is 22.7. The summed E-state index contributed by atoms with van der Waals surface area (Å²) in [5.74, 6) is 2.36. The van der Waals surface area contributed by atoms with Gasteiger partial charge in [-0.3, -0.25) is 4.79 Å². The standard InChI is InChI=1S/C29H30O5/c1-17-10-27-25(11-18(2)34-27)19(3)29(17)21-7-5-6-20(12-21)15-32-23-8-9-24-22(13-28(30)31-4)16-33-26(24)14-23/h5-10,12,14,18,22H,11,13,15-16H2,1-4H3/t18?,22-/m1/s1. The van der Waals surface area contributed by atoms with E-state index in [9.17, 15) is 4.79 Å². The Hall–Kier alpha value is -3.47. The van der Waals surface area contributed by atoms with Gasteiger partial charge in [-0.1, -0.05) is 24.3 Å². The maximum atomic E-state index is 11.6. The van der Waals surface area contributed by atoms with Gasteiger partial charge in [0.05, 0.1) is 20.1 Å². The smallest absolute Gasteiger partial charge is 0.306 e. The molecule has 2 aliphatic rings. The second-order valence-corrected chi connectivity index (χ2v) is 9.28. The molecule has 0 amide bonds. The molecule has 1 unspecified atom stereocenters. The zero-order valence-corrected chi connectivity index (χ0v) is 20.1. The molecule has 0 saturated heterocycles. The quantitative estimate of drug-likeness (QED) is 0.430. The molecule has 2 aliphatic heterocycles. The summed E-state index contributed by atoms with van der Waals surface area (Å²) in [6.07, 6.45) is 1.51. The Bertz CT molecular complexity index is 1250. The van der Waals surface area contributed by atoms with Crippen LogP contribution in [0.15, 0.2) is 48.5 Å². The first-order valence-electron chi connectivity index (χ1n) is 11.8. The molecular formula is C29H30O5. The second kappa shape index (κ2) is 9.05. The second-order valence-electron chi connectivity index (χ2n) is 9.28. The molecule has 3 aromatic carbocycles. The van der Waals surface area contributed by atoms with Gasteiger partial charge in [0.25, 0.3) is 0 Å². The predicted molar refractivity (Wildman–Crippen MR) is 131 cm³/mol. The molecule has 3 aromatic rings. The van der Waals surface area contributed by atoms with E-state index in [1.54, 1.807) is 0 Å². The van der Waals surface area contributed by atoms with Crippen LogP contribution < -0.4 is 14.2 Å². The molecule has 5 rings (SSSR count). The third-order valence-electron chi connectivity index (χ3n) is 6.81. The molecule has 2 atom stereocenters. The number of benzene rings is 3. The van der Waals surface area contributed by atoms with Crippen LogP contribution in [-0.2, 0) is 22.6 Å². The molecule has 5 heteroatoms. The third kappa shape index (κ3) is 4.23. The van der Waals surface area contributed by atoms with Gasteiger partial charge in [0, 0.05) is 29.5 Å². The number of fused-ring (bicyclic) bond motifs is 2. The highest BCUT2D eigenvalue weighted by Crippen LogP contribution is 2.40. The van der Waals surface area contributed by atoms with Crippen molar-refractivity contribution in [2.45, 2.75) is 52.2 Å². The topological polar surface area (TPSA) is 54.0 Å². The zero-order valence-electron chi connectivity index (χ0n) is 20.1. The highest BCUT2D eigenvalue weighted by Gasteiger charge is 2.27. The Balaban J connectivity index is 1.32. The predicted octanol–water partition coefficient (Wildman–Crippen LogP) is 5.91. The van der Waals surface area contributed by atoms with Crippen LogP contribution in [0.3, 0.4) is 0 Å². The van der Waals surface area contributed by atoms with E-state index in [-0.39, 0.29) is 18.0 Å². The lowest BCUT2D eigenvalue weighted by molar-refractivity contribution is -0.141. The van der Waals surface area contributed by atoms with E-state index in [0.29, 0.717) is 19.6 Å². The lowest BCUT2D eigenvalue weighted by Gasteiger charge is -2.15. The van der Waals surface area contributed by atoms with Crippen molar-refractivity contribution in [3.63, 3.8) is 0 Å². The first kappa shape index (κ1) is 22.3. The van der Waals surface area contributed by atoms with Crippen molar-refractivity contribution in [2.24, 2.45) is 0 Å². The lowest BCUT2D eigenvalue weighted by Crippen LogP contribution is -2.09. The number of ether oxygens (including phenoxy) is 4. The SMILES string of the molecule is COC(=O)C[C@@H]1COc2cc(OCc3cccc(-c4c(C)cc5c(c4C)CC(C)O5)c3)ccc21. The molecule has 0 aliphatic carbocycles. The van der Waals surface area contributed by atoms with Crippen molar-refractivity contribution in [1.82, 2.24) is 0 Å². The Morgan fingerprint density at radius 2 is 1.94 bits per heavy atom. The van der Waals surface area contributed by atoms with Crippen molar-refractivity contribution >= 4 is 5.97 Å². The van der Waals surface area contributed by atoms with Crippen molar-refractivity contribution in [2.75, 3.05) is 13.7 Å². The molecule has 5 nitrogen and oxygen atoms in total. The molecule has 176 valence electrons. The van der Waals surface area contributed by atoms with E-state index in [1.165, 1.54) is 34.9 Å². The number of hydrogen-bond donors (Lipinski definition) is 0. The first-order valence-corrected chi connectivity index (χ1v) is 11.8. The van der Waals surface area contributed by atoms with Crippen LogP contribution >= 0.6 is 0 Å². The summed E-state index contributed by atoms with van der Waals surface area (Å²) in [5, 5.41) is 0. The zero-order chi connectivity index (χ0) is 23.8. The van der Waals surface area contributed by atoms with Crippen molar-refractivity contribution < 1.29 is 23.7 Å². The van der Waals surface area contributed by atoms with Gasteiger partial charge in [-0.15, -0.1) is 0 Å². The van der Waals surface area contributed by atoms with Gasteiger partial charge in [0.15, 0.2) is 0 Å². The number of esters is 1. The fourth-order valence-corrected chi connectivity index (χ4v) is 5.12. The number of methoxy groups -OCH3 is 1. The van der Waals surface area contributed by atoms with Gasteiger partial charge in [0.2, 0.25) is 0 Å². The number of rotatable bonds is 6. The highest BCUT2D eigenvalue weighted by atomic mass is 16.5. The van der Waals surface area contributed by atoms with Crippen molar-refractivity contribution in [1.29, 1.82) is 0 Å². The molecule has 0 N–H and O–H groups in total. The van der Waals surface area contributed by atoms with Gasteiger partial charge in [-0.05, 0) is 66.8 Å². The van der Waals surface area contributed by atoms with Crippen LogP contribution in [0.1, 0.15) is 47.1 Å². The van der Waals surface area contributed by atoms with Crippen molar-refractivity contribution in [3.8, 4) is 28.4 Å². The average Bonchev–Trinajstić information content (AvgIpc) is 3.40. The molecule has 2 heterocycles. The monoisotopic (exact) mass is 458 g/mol. The average molecular weight is 459 g/mol. The Kier molecular flexibility index (Phi) is 5.94. The minimum absolute atomic E-state index is 0.0281. The number of hydrogen-bond acceptors (Lipinski definition) is 5. The van der Waals surface area contributed by atoms with Gasteiger partial charge >= 0.3 is 5.97 Å².